The fraction of sp³-hybridized carbons (Fsp3) is 0.158. The lowest BCUT2D eigenvalue weighted by Crippen LogP contribution is -2.09. The fourth-order valence-corrected chi connectivity index (χ4v) is 2.81. The van der Waals surface area contributed by atoms with E-state index in [0.29, 0.717) is 34.7 Å². The molecule has 0 aliphatic heterocycles. The Balaban J connectivity index is 2.29. The fourth-order valence-electron chi connectivity index (χ4n) is 2.81. The highest BCUT2D eigenvalue weighted by Gasteiger charge is 2.20. The van der Waals surface area contributed by atoms with Gasteiger partial charge in [0, 0.05) is 23.9 Å². The van der Waals surface area contributed by atoms with Crippen LogP contribution >= 0.6 is 0 Å². The molecular weight excluding hydrogens is 332 g/mol. The Morgan fingerprint density at radius 2 is 2.12 bits per heavy atom. The van der Waals surface area contributed by atoms with Gasteiger partial charge in [-0.2, -0.15) is 0 Å². The van der Waals surface area contributed by atoms with E-state index in [0.717, 1.165) is 11.1 Å². The summed E-state index contributed by atoms with van der Waals surface area (Å²) in [4.78, 5) is 35.1. The first-order valence-electron chi connectivity index (χ1n) is 8.11. The van der Waals surface area contributed by atoms with Gasteiger partial charge in [0.25, 0.3) is 0 Å². The summed E-state index contributed by atoms with van der Waals surface area (Å²) in [5, 5.41) is 12.7. The Morgan fingerprint density at radius 1 is 1.35 bits per heavy atom. The third kappa shape index (κ3) is 2.95. The molecule has 7 nitrogen and oxygen atoms in total. The molecule has 0 aliphatic rings. The summed E-state index contributed by atoms with van der Waals surface area (Å²) in [6, 6.07) is 5.40. The Kier molecular flexibility index (Phi) is 4.53. The van der Waals surface area contributed by atoms with Gasteiger partial charge in [0.15, 0.2) is 0 Å². The van der Waals surface area contributed by atoms with Crippen LogP contribution in [-0.4, -0.2) is 31.9 Å². The first kappa shape index (κ1) is 17.3. The van der Waals surface area contributed by atoms with Crippen molar-refractivity contribution in [2.75, 3.05) is 5.32 Å². The lowest BCUT2D eigenvalue weighted by molar-refractivity contribution is -0.111. The number of nitrogens with zero attached hydrogens (tertiary/aromatic N) is 2. The second-order valence-electron chi connectivity index (χ2n) is 5.74. The summed E-state index contributed by atoms with van der Waals surface area (Å²) in [6.07, 6.45) is 3.22. The summed E-state index contributed by atoms with van der Waals surface area (Å²) in [7, 11) is 0. The number of anilines is 1. The number of H-pyrrole nitrogens is 1. The van der Waals surface area contributed by atoms with Gasteiger partial charge in [-0.05, 0) is 24.6 Å². The molecule has 0 unspecified atom stereocenters. The number of aryl methyl sites for hydroxylation is 1. The first-order valence-corrected chi connectivity index (χ1v) is 8.11. The van der Waals surface area contributed by atoms with Crippen LogP contribution in [-0.2, 0) is 11.2 Å². The quantitative estimate of drug-likeness (QED) is 0.612. The van der Waals surface area contributed by atoms with Gasteiger partial charge in [-0.3, -0.25) is 4.79 Å². The molecule has 3 N–H and O–H groups in total. The van der Waals surface area contributed by atoms with Crippen LogP contribution in [0.15, 0.2) is 37.1 Å². The summed E-state index contributed by atoms with van der Waals surface area (Å²) < 4.78 is 0. The van der Waals surface area contributed by atoms with Crippen molar-refractivity contribution in [2.24, 2.45) is 0 Å². The van der Waals surface area contributed by atoms with Crippen molar-refractivity contribution in [3.05, 3.63) is 54.0 Å². The van der Waals surface area contributed by atoms with E-state index in [-0.39, 0.29) is 11.5 Å². The maximum Gasteiger partial charge on any atom is 0.338 e. The molecule has 7 heteroatoms. The molecule has 132 valence electrons. The predicted octanol–water partition coefficient (Wildman–Crippen LogP) is 3.32. The third-order valence-corrected chi connectivity index (χ3v) is 4.16. The Morgan fingerprint density at radius 3 is 2.77 bits per heavy atom. The molecule has 0 saturated carbocycles. The molecule has 3 aromatic rings. The number of aromatic carboxylic acids is 1. The number of benzene rings is 1. The lowest BCUT2D eigenvalue weighted by Gasteiger charge is -2.13. The number of fused-ring (bicyclic) bond motifs is 1. The zero-order valence-electron chi connectivity index (χ0n) is 14.5. The molecule has 0 fully saturated rings. The predicted molar refractivity (Wildman–Crippen MR) is 99.2 cm³/mol. The highest BCUT2D eigenvalue weighted by atomic mass is 16.4. The van der Waals surface area contributed by atoms with Crippen molar-refractivity contribution >= 4 is 28.6 Å². The van der Waals surface area contributed by atoms with Gasteiger partial charge in [-0.15, -0.1) is 0 Å². The monoisotopic (exact) mass is 350 g/mol. The number of carboxylic acids is 1. The van der Waals surface area contributed by atoms with Crippen LogP contribution in [0.4, 0.5) is 5.69 Å². The van der Waals surface area contributed by atoms with E-state index in [2.05, 4.69) is 26.8 Å². The summed E-state index contributed by atoms with van der Waals surface area (Å²) in [5.74, 6) is -0.773. The number of carbonyl (C=O) groups excluding carboxylic acids is 1. The minimum Gasteiger partial charge on any atom is -0.478 e. The number of hydrogen-bond donors (Lipinski definition) is 3. The van der Waals surface area contributed by atoms with Gasteiger partial charge in [-0.25, -0.2) is 14.8 Å². The molecule has 0 bridgehead atoms. The normalized spacial score (nSPS) is 10.7. The van der Waals surface area contributed by atoms with Crippen molar-refractivity contribution < 1.29 is 14.7 Å². The van der Waals surface area contributed by atoms with Crippen molar-refractivity contribution in [1.29, 1.82) is 0 Å². The molecule has 0 spiro atoms. The van der Waals surface area contributed by atoms with Crippen LogP contribution in [0, 0.1) is 6.92 Å². The number of amides is 1. The number of rotatable bonds is 5. The van der Waals surface area contributed by atoms with E-state index >= 15 is 0 Å². The highest BCUT2D eigenvalue weighted by Crippen LogP contribution is 2.33. The van der Waals surface area contributed by atoms with E-state index in [1.165, 1.54) is 12.3 Å². The number of nitrogens with one attached hydrogen (secondary N) is 2. The van der Waals surface area contributed by atoms with Crippen LogP contribution < -0.4 is 5.32 Å². The van der Waals surface area contributed by atoms with Crippen LogP contribution in [0.1, 0.15) is 28.7 Å². The minimum atomic E-state index is -1.06. The molecule has 1 amide bonds. The SMILES string of the molecule is C=CC(=O)Nc1cccc(-c2nc(CC)nc3[nH]cc(C(=O)O)c23)c1C. The molecule has 0 radical (unpaired) electrons. The minimum absolute atomic E-state index is 0.109. The van der Waals surface area contributed by atoms with E-state index < -0.39 is 5.97 Å². The van der Waals surface area contributed by atoms with Crippen molar-refractivity contribution in [2.45, 2.75) is 20.3 Å². The van der Waals surface area contributed by atoms with E-state index in [9.17, 15) is 14.7 Å². The molecule has 26 heavy (non-hydrogen) atoms. The Bertz CT molecular complexity index is 1040. The second-order valence-corrected chi connectivity index (χ2v) is 5.74. The molecule has 0 aliphatic carbocycles. The maximum absolute atomic E-state index is 11.7. The number of aromatic amines is 1. The molecule has 2 heterocycles. The van der Waals surface area contributed by atoms with Gasteiger partial charge in [-0.1, -0.05) is 25.6 Å². The van der Waals surface area contributed by atoms with Gasteiger partial charge in [0.1, 0.15) is 11.5 Å². The first-order chi connectivity index (χ1) is 12.5. The smallest absolute Gasteiger partial charge is 0.338 e. The lowest BCUT2D eigenvalue weighted by atomic mass is 10.00. The zero-order valence-corrected chi connectivity index (χ0v) is 14.5. The Labute approximate surface area is 149 Å². The van der Waals surface area contributed by atoms with Gasteiger partial charge < -0.3 is 15.4 Å². The molecule has 1 aromatic carbocycles. The summed E-state index contributed by atoms with van der Waals surface area (Å²) >= 11 is 0. The van der Waals surface area contributed by atoms with Crippen LogP contribution in [0.2, 0.25) is 0 Å². The van der Waals surface area contributed by atoms with Crippen molar-refractivity contribution in [3.63, 3.8) is 0 Å². The van der Waals surface area contributed by atoms with Crippen LogP contribution in [0.3, 0.4) is 0 Å². The second kappa shape index (κ2) is 6.79. The van der Waals surface area contributed by atoms with Crippen molar-refractivity contribution in [3.8, 4) is 11.3 Å². The van der Waals surface area contributed by atoms with Gasteiger partial charge in [0.05, 0.1) is 16.6 Å². The maximum atomic E-state index is 11.7. The van der Waals surface area contributed by atoms with E-state index in [4.69, 9.17) is 0 Å². The average molecular weight is 350 g/mol. The average Bonchev–Trinajstić information content (AvgIpc) is 3.06. The largest absolute Gasteiger partial charge is 0.478 e. The molecular formula is C19H18N4O3. The number of carbonyl (C=O) groups is 2. The topological polar surface area (TPSA) is 108 Å². The molecule has 2 aromatic heterocycles. The third-order valence-electron chi connectivity index (χ3n) is 4.16. The van der Waals surface area contributed by atoms with Gasteiger partial charge in [0.2, 0.25) is 5.91 Å². The standard InChI is InChI=1S/C19H18N4O3/c1-4-14-22-17(16-12(19(25)26)9-20-18(16)23-14)11-7-6-8-13(10(11)3)21-15(24)5-2/h5-9H,2,4H2,1,3H3,(H,21,24)(H,25,26)(H,20,22,23). The highest BCUT2D eigenvalue weighted by molar-refractivity contribution is 6.08. The van der Waals surface area contributed by atoms with E-state index in [1.54, 1.807) is 12.1 Å². The van der Waals surface area contributed by atoms with Crippen LogP contribution in [0.5, 0.6) is 0 Å². The Hall–Kier alpha value is -3.48. The summed E-state index contributed by atoms with van der Waals surface area (Å²) in [5.41, 5.74) is 3.24. The number of aromatic nitrogens is 3. The zero-order chi connectivity index (χ0) is 18.8. The molecule has 0 saturated heterocycles. The number of carboxylic acid groups (broad SMARTS) is 1. The molecule has 3 rings (SSSR count). The van der Waals surface area contributed by atoms with Crippen molar-refractivity contribution in [1.82, 2.24) is 15.0 Å². The van der Waals surface area contributed by atoms with Crippen LogP contribution in [0.25, 0.3) is 22.3 Å². The van der Waals surface area contributed by atoms with Gasteiger partial charge >= 0.3 is 5.97 Å². The molecule has 0 atom stereocenters. The van der Waals surface area contributed by atoms with E-state index in [1.807, 2.05) is 19.9 Å². The summed E-state index contributed by atoms with van der Waals surface area (Å²) in [6.45, 7) is 7.23. The number of hydrogen-bond acceptors (Lipinski definition) is 4.